The van der Waals surface area contributed by atoms with E-state index in [1.807, 2.05) is 63.2 Å². The molecule has 0 fully saturated rings. The summed E-state index contributed by atoms with van der Waals surface area (Å²) in [6.07, 6.45) is 1.87. The van der Waals surface area contributed by atoms with Gasteiger partial charge in [0.1, 0.15) is 12.6 Å². The summed E-state index contributed by atoms with van der Waals surface area (Å²) in [5, 5.41) is 3.75. The summed E-state index contributed by atoms with van der Waals surface area (Å²) in [5.74, 6) is -0.892. The average Bonchev–Trinajstić information content (AvgIpc) is 3.03. The second-order valence-corrected chi connectivity index (χ2v) is 13.9. The van der Waals surface area contributed by atoms with Crippen LogP contribution in [0.4, 0.5) is 5.69 Å². The molecule has 0 radical (unpaired) electrons. The standard InChI is InChI=1S/C36H39Cl2N3O4S/c1-4-5-20-39-36(43)34(22-28-12-8-6-9-13-28)40(24-29-17-18-30(37)23-32(29)38)35(42)25-41(33-19-16-26(2)21-27(33)3)46(44,45)31-14-10-7-11-15-31/h6-19,21,23,34H,4-5,20,22,24-25H2,1-3H3,(H,39,43). The maximum atomic E-state index is 14.6. The number of hydrogen-bond donors (Lipinski definition) is 1. The Balaban J connectivity index is 1.83. The first-order chi connectivity index (χ1) is 22.0. The van der Waals surface area contributed by atoms with Crippen LogP contribution in [0.5, 0.6) is 0 Å². The van der Waals surface area contributed by atoms with Crippen molar-refractivity contribution in [1.82, 2.24) is 10.2 Å². The maximum absolute atomic E-state index is 14.6. The molecule has 0 aliphatic rings. The lowest BCUT2D eigenvalue weighted by atomic mass is 10.0. The number of halogens is 2. The Morgan fingerprint density at radius 2 is 1.54 bits per heavy atom. The van der Waals surface area contributed by atoms with Crippen LogP contribution in [0.3, 0.4) is 0 Å². The highest BCUT2D eigenvalue weighted by molar-refractivity contribution is 7.92. The molecule has 0 aromatic heterocycles. The van der Waals surface area contributed by atoms with Crippen molar-refractivity contribution in [2.24, 2.45) is 0 Å². The normalized spacial score (nSPS) is 11.9. The minimum absolute atomic E-state index is 0.0420. The van der Waals surface area contributed by atoms with E-state index in [2.05, 4.69) is 5.32 Å². The fraction of sp³-hybridized carbons (Fsp3) is 0.278. The number of carbonyl (C=O) groups excluding carboxylic acids is 2. The van der Waals surface area contributed by atoms with Crippen LogP contribution in [0.15, 0.2) is 102 Å². The van der Waals surface area contributed by atoms with E-state index in [0.29, 0.717) is 33.4 Å². The number of nitrogens with zero attached hydrogens (tertiary/aromatic N) is 2. The Hall–Kier alpha value is -3.85. The first-order valence-electron chi connectivity index (χ1n) is 15.2. The maximum Gasteiger partial charge on any atom is 0.264 e. The average molecular weight is 681 g/mol. The SMILES string of the molecule is CCCCNC(=O)C(Cc1ccccc1)N(Cc1ccc(Cl)cc1Cl)C(=O)CN(c1ccc(C)cc1C)S(=O)(=O)c1ccccc1. The molecule has 0 bridgehead atoms. The molecule has 4 aromatic rings. The summed E-state index contributed by atoms with van der Waals surface area (Å²) in [6.45, 7) is 5.62. The van der Waals surface area contributed by atoms with Crippen molar-refractivity contribution in [3.05, 3.63) is 129 Å². The van der Waals surface area contributed by atoms with E-state index < -0.39 is 28.5 Å². The number of sulfonamides is 1. The quantitative estimate of drug-likeness (QED) is 0.141. The number of carbonyl (C=O) groups is 2. The molecule has 242 valence electrons. The number of nitrogens with one attached hydrogen (secondary N) is 1. The molecule has 0 heterocycles. The van der Waals surface area contributed by atoms with Gasteiger partial charge < -0.3 is 10.2 Å². The molecule has 0 saturated heterocycles. The predicted molar refractivity (Wildman–Crippen MR) is 186 cm³/mol. The van der Waals surface area contributed by atoms with Gasteiger partial charge in [-0.25, -0.2) is 8.42 Å². The summed E-state index contributed by atoms with van der Waals surface area (Å²) in [6, 6.07) is 26.8. The van der Waals surface area contributed by atoms with Gasteiger partial charge in [-0.05, 0) is 67.3 Å². The van der Waals surface area contributed by atoms with Gasteiger partial charge in [0.15, 0.2) is 0 Å². The van der Waals surface area contributed by atoms with Crippen LogP contribution in [-0.4, -0.2) is 44.3 Å². The highest BCUT2D eigenvalue weighted by atomic mass is 35.5. The van der Waals surface area contributed by atoms with Crippen molar-refractivity contribution < 1.29 is 18.0 Å². The third-order valence-corrected chi connectivity index (χ3v) is 10.0. The van der Waals surface area contributed by atoms with Gasteiger partial charge in [0.05, 0.1) is 10.6 Å². The number of hydrogen-bond acceptors (Lipinski definition) is 4. The van der Waals surface area contributed by atoms with Gasteiger partial charge in [-0.1, -0.05) is 109 Å². The van der Waals surface area contributed by atoms with Gasteiger partial charge in [-0.2, -0.15) is 0 Å². The van der Waals surface area contributed by atoms with E-state index in [-0.39, 0.29) is 23.8 Å². The number of benzene rings is 4. The zero-order valence-corrected chi connectivity index (χ0v) is 28.6. The molecule has 1 N–H and O–H groups in total. The van der Waals surface area contributed by atoms with E-state index >= 15 is 0 Å². The summed E-state index contributed by atoms with van der Waals surface area (Å²) >= 11 is 12.8. The molecule has 2 amide bonds. The van der Waals surface area contributed by atoms with Crippen LogP contribution >= 0.6 is 23.2 Å². The Bertz CT molecular complexity index is 1750. The van der Waals surface area contributed by atoms with Crippen molar-refractivity contribution in [3.63, 3.8) is 0 Å². The molecule has 0 saturated carbocycles. The van der Waals surface area contributed by atoms with Crippen LogP contribution in [0.1, 0.15) is 42.0 Å². The molecule has 0 spiro atoms. The predicted octanol–water partition coefficient (Wildman–Crippen LogP) is 7.36. The van der Waals surface area contributed by atoms with Gasteiger partial charge in [-0.15, -0.1) is 0 Å². The number of anilines is 1. The van der Waals surface area contributed by atoms with Crippen molar-refractivity contribution >= 4 is 50.7 Å². The summed E-state index contributed by atoms with van der Waals surface area (Å²) in [7, 11) is -4.19. The van der Waals surface area contributed by atoms with Crippen LogP contribution in [0, 0.1) is 13.8 Å². The van der Waals surface area contributed by atoms with E-state index in [0.717, 1.165) is 28.3 Å². The third-order valence-electron chi connectivity index (χ3n) is 7.69. The molecule has 0 aliphatic heterocycles. The van der Waals surface area contributed by atoms with E-state index in [1.54, 1.807) is 42.5 Å². The molecule has 1 unspecified atom stereocenters. The summed E-state index contributed by atoms with van der Waals surface area (Å²) in [5.41, 5.74) is 3.44. The van der Waals surface area contributed by atoms with Gasteiger partial charge in [-0.3, -0.25) is 13.9 Å². The van der Waals surface area contributed by atoms with Crippen LogP contribution in [-0.2, 0) is 32.6 Å². The molecular formula is C36H39Cl2N3O4S. The van der Waals surface area contributed by atoms with Crippen LogP contribution in [0.2, 0.25) is 10.0 Å². The molecule has 10 heteroatoms. The van der Waals surface area contributed by atoms with Gasteiger partial charge in [0.25, 0.3) is 10.0 Å². The Morgan fingerprint density at radius 3 is 2.17 bits per heavy atom. The molecular weight excluding hydrogens is 641 g/mol. The zero-order chi connectivity index (χ0) is 33.3. The fourth-order valence-electron chi connectivity index (χ4n) is 5.21. The molecule has 1 atom stereocenters. The molecule has 46 heavy (non-hydrogen) atoms. The fourth-order valence-corrected chi connectivity index (χ4v) is 7.18. The van der Waals surface area contributed by atoms with Crippen molar-refractivity contribution in [3.8, 4) is 0 Å². The number of amides is 2. The Labute approximate surface area is 282 Å². The monoisotopic (exact) mass is 679 g/mol. The highest BCUT2D eigenvalue weighted by Crippen LogP contribution is 2.29. The second-order valence-electron chi connectivity index (χ2n) is 11.2. The second kappa shape index (κ2) is 16.1. The van der Waals surface area contributed by atoms with E-state index in [9.17, 15) is 18.0 Å². The first-order valence-corrected chi connectivity index (χ1v) is 17.4. The van der Waals surface area contributed by atoms with Gasteiger partial charge in [0, 0.05) is 29.6 Å². The van der Waals surface area contributed by atoms with Crippen LogP contribution < -0.4 is 9.62 Å². The van der Waals surface area contributed by atoms with Gasteiger partial charge in [0.2, 0.25) is 11.8 Å². The smallest absolute Gasteiger partial charge is 0.264 e. The lowest BCUT2D eigenvalue weighted by Gasteiger charge is -2.34. The zero-order valence-electron chi connectivity index (χ0n) is 26.2. The number of rotatable bonds is 14. The molecule has 7 nitrogen and oxygen atoms in total. The number of aryl methyl sites for hydroxylation is 2. The van der Waals surface area contributed by atoms with Crippen molar-refractivity contribution in [2.75, 3.05) is 17.4 Å². The highest BCUT2D eigenvalue weighted by Gasteiger charge is 2.35. The van der Waals surface area contributed by atoms with Crippen molar-refractivity contribution in [1.29, 1.82) is 0 Å². The lowest BCUT2D eigenvalue weighted by Crippen LogP contribution is -2.53. The molecule has 4 aromatic carbocycles. The third kappa shape index (κ3) is 8.90. The van der Waals surface area contributed by atoms with Gasteiger partial charge >= 0.3 is 0 Å². The lowest BCUT2D eigenvalue weighted by molar-refractivity contribution is -0.140. The molecule has 4 rings (SSSR count). The van der Waals surface area contributed by atoms with Crippen molar-refractivity contribution in [2.45, 2.75) is 57.5 Å². The summed E-state index contributed by atoms with van der Waals surface area (Å²) in [4.78, 5) is 30.0. The largest absolute Gasteiger partial charge is 0.354 e. The number of unbranched alkanes of at least 4 members (excludes halogenated alkanes) is 1. The molecule has 0 aliphatic carbocycles. The van der Waals surface area contributed by atoms with Crippen LogP contribution in [0.25, 0.3) is 0 Å². The topological polar surface area (TPSA) is 86.8 Å². The summed E-state index contributed by atoms with van der Waals surface area (Å²) < 4.78 is 29.5. The Morgan fingerprint density at radius 1 is 0.870 bits per heavy atom. The van der Waals surface area contributed by atoms with E-state index in [1.165, 1.54) is 17.0 Å². The minimum Gasteiger partial charge on any atom is -0.354 e. The Kier molecular flexibility index (Phi) is 12.3. The first kappa shape index (κ1) is 35.0. The minimum atomic E-state index is -4.19. The van der Waals surface area contributed by atoms with E-state index in [4.69, 9.17) is 23.2 Å².